The molecule has 0 bridgehead atoms. The number of amides is 5. The molecule has 0 saturated carbocycles. The number of carbonyl (C=O) groups is 10. The summed E-state index contributed by atoms with van der Waals surface area (Å²) < 4.78 is 49.8. The van der Waals surface area contributed by atoms with Crippen LogP contribution in [0.25, 0.3) is 0 Å². The average molecular weight is 1550 g/mol. The zero-order chi connectivity index (χ0) is 80.2. The number of nitrogens with one attached hydrogen (secondary N) is 5. The molecule has 0 aromatic heterocycles. The molecule has 5 heterocycles. The van der Waals surface area contributed by atoms with Crippen molar-refractivity contribution in [3.63, 3.8) is 0 Å². The van der Waals surface area contributed by atoms with E-state index in [1.807, 2.05) is 26.6 Å². The Kier molecular flexibility index (Phi) is 32.1. The minimum atomic E-state index is -3.83. The number of hydrogen-bond acceptors (Lipinski definition) is 41. The third-order valence-corrected chi connectivity index (χ3v) is 17.7. The highest BCUT2D eigenvalue weighted by Gasteiger charge is 2.65. The van der Waals surface area contributed by atoms with Crippen molar-refractivity contribution in [1.29, 1.82) is 0 Å². The van der Waals surface area contributed by atoms with Crippen LogP contribution in [-0.2, 0) is 90.6 Å². The van der Waals surface area contributed by atoms with Crippen LogP contribution in [0.4, 0.5) is 0 Å². The van der Waals surface area contributed by atoms with Crippen molar-refractivity contribution in [3.05, 3.63) is 0 Å². The molecule has 51 nitrogen and oxygen atoms in total. The standard InChI is InChI=1S/C55H87N5O46/c61-6-21(76)36(82)41-32(57-27(78)12-67)17(72)2-52(103-41,47(89)90)99-23(8-63)38(84)43-34(59-29(80)14-69)19(74)4-54(105-43,49(93)94)101-25(10-65)40(86)45-35(60-30(81)15-70)20(75)5-55(106-45,50(95)96)100-24(9-64)39(85)44-33(58-28(79)13-68)18(73)3-53(104-44,48(91)92)98-22(7-62)37(83)42-31(56-26(77)11-66)16(71)1-51(97,102-42)46(87)88/h16-25,31-45,61-76,82-86,97H,1-15H2,(H,56,77)(H,57,78)(H,58,79)(H,59,80)(H,60,81)(H,87,88)(H,89,90)(H,91,92)(H,93,94)(H,95,96)/t16-,17-,18-,19-,20-,21+,22+,23+,24+,25+,31+,32+,33+,34+,35+,36+,37+,38+,39+,40+,41+,42+,43+,44+,45+,51+,52+,53+,54+,55+/m0/s1. The second-order valence-electron chi connectivity index (χ2n) is 24.9. The largest absolute Gasteiger partial charge is 0.477 e. The molecular weight excluding hydrogens is 1470 g/mol. The second-order valence-corrected chi connectivity index (χ2v) is 24.9. The van der Waals surface area contributed by atoms with Gasteiger partial charge in [-0.25, -0.2) is 24.0 Å². The third-order valence-electron chi connectivity index (χ3n) is 17.7. The Morgan fingerprint density at radius 3 is 0.689 bits per heavy atom. The van der Waals surface area contributed by atoms with Crippen LogP contribution in [0.5, 0.6) is 0 Å². The Labute approximate surface area is 592 Å². The summed E-state index contributed by atoms with van der Waals surface area (Å²) >= 11 is 0. The molecule has 608 valence electrons. The molecule has 0 spiro atoms. The molecule has 0 radical (unpaired) electrons. The van der Waals surface area contributed by atoms with Crippen LogP contribution in [-0.4, -0.2) is 445 Å². The molecular formula is C55H87N5O46. The molecule has 106 heavy (non-hydrogen) atoms. The predicted molar refractivity (Wildman–Crippen MR) is 318 cm³/mol. The van der Waals surface area contributed by atoms with Crippen molar-refractivity contribution in [2.45, 2.75) is 213 Å². The number of carbonyl (C=O) groups excluding carboxylic acids is 5. The van der Waals surface area contributed by atoms with E-state index in [-0.39, 0.29) is 0 Å². The fourth-order valence-electron chi connectivity index (χ4n) is 12.5. The van der Waals surface area contributed by atoms with Crippen LogP contribution in [0, 0.1) is 0 Å². The number of carboxylic acid groups (broad SMARTS) is 5. The van der Waals surface area contributed by atoms with Crippen LogP contribution in [0.1, 0.15) is 32.1 Å². The number of hydrogen-bond donors (Lipinski definition) is 32. The monoisotopic (exact) mass is 1550 g/mol. The van der Waals surface area contributed by atoms with Crippen molar-refractivity contribution in [2.75, 3.05) is 66.1 Å². The summed E-state index contributed by atoms with van der Waals surface area (Å²) in [6, 6.07) is -11.1. The van der Waals surface area contributed by atoms with Gasteiger partial charge < -0.3 is 207 Å². The molecule has 51 heteroatoms. The number of rotatable bonds is 38. The number of aliphatic carboxylic acids is 5. The van der Waals surface area contributed by atoms with Gasteiger partial charge in [0, 0.05) is 32.1 Å². The van der Waals surface area contributed by atoms with Crippen molar-refractivity contribution in [2.24, 2.45) is 0 Å². The van der Waals surface area contributed by atoms with Gasteiger partial charge in [-0.2, -0.15) is 0 Å². The van der Waals surface area contributed by atoms with Gasteiger partial charge in [0.15, 0.2) is 0 Å². The SMILES string of the molecule is O=C(CO)N[C@H]1[C@H]([C@H](O)[C@H](O)CO)O[C@@](O[C@H](CO)[C@@H](O)[C@@H]2O[C@@](O[C@H](CO)[C@@H](O)[C@@H]3O[C@@](O[C@H](CO)[C@@H](O)[C@@H]4O[C@@](O[C@H](CO)[C@@H](O)[C@@H]5O[C@@](O)(C(=O)O)C[C@H](O)[C@H]5NC(=O)CO)(C(=O)O)C[C@H](O)[C@H]4NC(=O)CO)(C(=O)O)C[C@H](O)[C@H]3NC(=O)CO)(C(=O)O)C[C@H](O)[C@H]2NC(=O)CO)(C(=O)O)C[C@@H]1O. The van der Waals surface area contributed by atoms with Crippen molar-refractivity contribution >= 4 is 59.4 Å². The van der Waals surface area contributed by atoms with E-state index < -0.39 is 339 Å². The van der Waals surface area contributed by atoms with Crippen molar-refractivity contribution in [3.8, 4) is 0 Å². The molecule has 30 atom stereocenters. The van der Waals surface area contributed by atoms with Gasteiger partial charge >= 0.3 is 29.8 Å². The highest BCUT2D eigenvalue weighted by molar-refractivity contribution is 5.81. The van der Waals surface area contributed by atoms with Gasteiger partial charge in [-0.1, -0.05) is 0 Å². The molecule has 5 aliphatic rings. The minimum Gasteiger partial charge on any atom is -0.477 e. The molecule has 5 saturated heterocycles. The lowest BCUT2D eigenvalue weighted by molar-refractivity contribution is -0.364. The number of carboxylic acids is 5. The normalized spacial score (nSPS) is 36.3. The Bertz CT molecular complexity index is 3040. The van der Waals surface area contributed by atoms with E-state index in [1.54, 1.807) is 0 Å². The summed E-state index contributed by atoms with van der Waals surface area (Å²) in [7, 11) is 0. The van der Waals surface area contributed by atoms with Gasteiger partial charge in [-0.3, -0.25) is 24.0 Å². The first-order valence-electron chi connectivity index (χ1n) is 31.6. The molecule has 5 fully saturated rings. The fraction of sp³-hybridized carbons (Fsp3) is 0.818. The van der Waals surface area contributed by atoms with Crippen molar-refractivity contribution in [1.82, 2.24) is 26.6 Å². The molecule has 5 rings (SSSR count). The maximum absolute atomic E-state index is 13.7. The van der Waals surface area contributed by atoms with E-state index in [4.69, 9.17) is 42.6 Å². The first-order valence-corrected chi connectivity index (χ1v) is 31.6. The van der Waals surface area contributed by atoms with E-state index in [2.05, 4.69) is 0 Å². The third kappa shape index (κ3) is 19.9. The maximum atomic E-state index is 13.7. The summed E-state index contributed by atoms with van der Waals surface area (Å²) in [4.78, 5) is 129. The molecule has 0 aromatic carbocycles. The van der Waals surface area contributed by atoms with E-state index in [0.717, 1.165) is 0 Å². The zero-order valence-corrected chi connectivity index (χ0v) is 54.9. The van der Waals surface area contributed by atoms with Crippen LogP contribution in [0.15, 0.2) is 0 Å². The summed E-state index contributed by atoms with van der Waals surface area (Å²) in [5.41, 5.74) is 0. The zero-order valence-electron chi connectivity index (χ0n) is 54.9. The van der Waals surface area contributed by atoms with Crippen LogP contribution < -0.4 is 26.6 Å². The summed E-state index contributed by atoms with van der Waals surface area (Å²) in [6.07, 6.45) is -60.7. The van der Waals surface area contributed by atoms with E-state index >= 15 is 0 Å². The van der Waals surface area contributed by atoms with Crippen LogP contribution in [0.3, 0.4) is 0 Å². The molecule has 0 unspecified atom stereocenters. The Hall–Kier alpha value is -6.54. The van der Waals surface area contributed by atoms with Gasteiger partial charge in [0.05, 0.1) is 93.8 Å². The van der Waals surface area contributed by atoms with E-state index in [1.165, 1.54) is 0 Å². The number of aliphatic hydroxyl groups excluding tert-OH is 21. The highest BCUT2D eigenvalue weighted by atomic mass is 16.8. The smallest absolute Gasteiger partial charge is 0.364 e. The van der Waals surface area contributed by atoms with Gasteiger partial charge in [-0.05, 0) is 0 Å². The first kappa shape index (κ1) is 90.1. The second kappa shape index (κ2) is 37.7. The Morgan fingerprint density at radius 2 is 0.509 bits per heavy atom. The van der Waals surface area contributed by atoms with Gasteiger partial charge in [-0.15, -0.1) is 0 Å². The predicted octanol–water partition coefficient (Wildman–Crippen LogP) is -20.3. The highest BCUT2D eigenvalue weighted by Crippen LogP contribution is 2.43. The summed E-state index contributed by atoms with van der Waals surface area (Å²) in [5, 5.41) is 301. The lowest BCUT2D eigenvalue weighted by atomic mass is 9.86. The molecule has 32 N–H and O–H groups in total. The fourth-order valence-corrected chi connectivity index (χ4v) is 12.5. The lowest BCUT2D eigenvalue weighted by Crippen LogP contribution is -2.72. The van der Waals surface area contributed by atoms with Gasteiger partial charge in [0.1, 0.15) is 125 Å². The van der Waals surface area contributed by atoms with Gasteiger partial charge in [0.2, 0.25) is 29.5 Å². The first-order chi connectivity index (χ1) is 49.5. The topological polar surface area (TPSA) is 860 Å². The Balaban J connectivity index is 1.58. The van der Waals surface area contributed by atoms with Crippen molar-refractivity contribution < 1.29 is 228 Å². The minimum absolute atomic E-state index is 1.27. The van der Waals surface area contributed by atoms with E-state index in [0.29, 0.717) is 0 Å². The summed E-state index contributed by atoms with van der Waals surface area (Å²) in [5.74, 6) is -37.5. The average Bonchev–Trinajstić information content (AvgIpc) is 0.760. The lowest BCUT2D eigenvalue weighted by Gasteiger charge is -2.51. The number of aliphatic hydroxyl groups is 22. The molecule has 5 amide bonds. The maximum Gasteiger partial charge on any atom is 0.364 e. The van der Waals surface area contributed by atoms with Gasteiger partial charge in [0.25, 0.3) is 28.9 Å². The Morgan fingerprint density at radius 1 is 0.311 bits per heavy atom. The molecule has 5 aliphatic heterocycles. The number of ether oxygens (including phenoxy) is 9. The molecule has 0 aliphatic carbocycles. The van der Waals surface area contributed by atoms with Crippen LogP contribution >= 0.6 is 0 Å². The van der Waals surface area contributed by atoms with Crippen LogP contribution in [0.2, 0.25) is 0 Å². The molecule has 0 aromatic rings. The summed E-state index contributed by atoms with van der Waals surface area (Å²) in [6.45, 7) is -15.5. The quantitative estimate of drug-likeness (QED) is 0.0273. The van der Waals surface area contributed by atoms with E-state index in [9.17, 15) is 186 Å².